The molecule has 9 heteroatoms. The molecule has 36 heavy (non-hydrogen) atoms. The van der Waals surface area contributed by atoms with E-state index in [1.54, 1.807) is 16.2 Å². The molecule has 0 spiro atoms. The molecular formula is C27H29N5O2S2. The summed E-state index contributed by atoms with van der Waals surface area (Å²) in [6.07, 6.45) is 0. The van der Waals surface area contributed by atoms with E-state index in [1.165, 1.54) is 11.8 Å². The number of aromatic nitrogens is 1. The van der Waals surface area contributed by atoms with E-state index in [0.717, 1.165) is 25.7 Å². The molecule has 0 aliphatic rings. The van der Waals surface area contributed by atoms with Crippen molar-refractivity contribution >= 4 is 45.4 Å². The van der Waals surface area contributed by atoms with Crippen LogP contribution in [-0.4, -0.2) is 32.9 Å². The van der Waals surface area contributed by atoms with E-state index in [9.17, 15) is 9.59 Å². The van der Waals surface area contributed by atoms with Crippen molar-refractivity contribution in [2.75, 3.05) is 0 Å². The summed E-state index contributed by atoms with van der Waals surface area (Å²) in [5.41, 5.74) is 7.54. The van der Waals surface area contributed by atoms with Crippen LogP contribution in [-0.2, 0) is 13.1 Å². The average molecular weight is 520 g/mol. The molecule has 0 bridgehead atoms. The minimum absolute atomic E-state index is 0.249. The molecule has 4 N–H and O–H groups in total. The van der Waals surface area contributed by atoms with E-state index in [-0.39, 0.29) is 6.03 Å². The standard InChI is InChI=1S/C27H29N5O2S2/c1-27(2,31-24(28)33)23(36-26-30-21-15-9-10-16-22(21)35-26)32(18-20-13-7-4-8-14-20)25(34)29-17-19-11-5-3-6-12-19/h3-16,23H,17-18H2,1-2H3,(H,29,34)(H3,28,31,33). The van der Waals surface area contributed by atoms with Crippen LogP contribution in [0.2, 0.25) is 0 Å². The Bertz CT molecular complexity index is 1280. The molecule has 4 rings (SSSR count). The van der Waals surface area contributed by atoms with Crippen molar-refractivity contribution in [1.82, 2.24) is 20.5 Å². The number of carbonyl (C=O) groups is 2. The van der Waals surface area contributed by atoms with Crippen LogP contribution in [0.25, 0.3) is 10.2 Å². The smallest absolute Gasteiger partial charge is 0.318 e. The lowest BCUT2D eigenvalue weighted by molar-refractivity contribution is 0.162. The Morgan fingerprint density at radius 1 is 0.972 bits per heavy atom. The lowest BCUT2D eigenvalue weighted by Gasteiger charge is -2.41. The van der Waals surface area contributed by atoms with Crippen molar-refractivity contribution in [2.24, 2.45) is 5.73 Å². The number of hydrogen-bond donors (Lipinski definition) is 3. The number of fused-ring (bicyclic) bond motifs is 1. The fraction of sp³-hybridized carbons (Fsp3) is 0.222. The van der Waals surface area contributed by atoms with Crippen LogP contribution >= 0.6 is 23.1 Å². The number of nitrogens with zero attached hydrogens (tertiary/aromatic N) is 2. The highest BCUT2D eigenvalue weighted by Gasteiger charge is 2.39. The number of primary amides is 1. The van der Waals surface area contributed by atoms with E-state index >= 15 is 0 Å². The second kappa shape index (κ2) is 11.5. The maximum absolute atomic E-state index is 13.7. The Hall–Kier alpha value is -3.56. The number of hydrogen-bond acceptors (Lipinski definition) is 5. The van der Waals surface area contributed by atoms with Crippen LogP contribution in [0.1, 0.15) is 25.0 Å². The summed E-state index contributed by atoms with van der Waals surface area (Å²) in [6, 6.07) is 26.5. The first kappa shape index (κ1) is 25.5. The number of amides is 4. The van der Waals surface area contributed by atoms with Gasteiger partial charge >= 0.3 is 12.1 Å². The molecule has 3 aromatic carbocycles. The van der Waals surface area contributed by atoms with Crippen LogP contribution in [0.15, 0.2) is 89.3 Å². The monoisotopic (exact) mass is 519 g/mol. The Morgan fingerprint density at radius 2 is 1.58 bits per heavy atom. The van der Waals surface area contributed by atoms with Gasteiger partial charge in [-0.25, -0.2) is 14.6 Å². The van der Waals surface area contributed by atoms with Crippen molar-refractivity contribution in [1.29, 1.82) is 0 Å². The average Bonchev–Trinajstić information content (AvgIpc) is 3.28. The molecule has 1 unspecified atom stereocenters. The normalized spacial score (nSPS) is 12.2. The third-order valence-electron chi connectivity index (χ3n) is 5.58. The maximum atomic E-state index is 13.7. The van der Waals surface area contributed by atoms with Gasteiger partial charge < -0.3 is 21.3 Å². The first-order valence-corrected chi connectivity index (χ1v) is 13.2. The molecule has 0 aliphatic heterocycles. The van der Waals surface area contributed by atoms with Gasteiger partial charge in [0.25, 0.3) is 0 Å². The summed E-state index contributed by atoms with van der Waals surface area (Å²) in [7, 11) is 0. The molecule has 4 amide bonds. The van der Waals surface area contributed by atoms with E-state index in [2.05, 4.69) is 10.6 Å². The number of thiazole rings is 1. The summed E-state index contributed by atoms with van der Waals surface area (Å²) in [5, 5.41) is 5.38. The molecule has 0 saturated heterocycles. The highest BCUT2D eigenvalue weighted by molar-refractivity contribution is 8.01. The summed E-state index contributed by atoms with van der Waals surface area (Å²) in [4.78, 5) is 32.1. The van der Waals surface area contributed by atoms with Gasteiger partial charge in [-0.15, -0.1) is 11.3 Å². The lowest BCUT2D eigenvalue weighted by Crippen LogP contribution is -2.60. The molecule has 0 radical (unpaired) electrons. The number of nitrogens with two attached hydrogens (primary N) is 1. The van der Waals surface area contributed by atoms with Crippen LogP contribution in [0.4, 0.5) is 9.59 Å². The fourth-order valence-corrected chi connectivity index (χ4v) is 6.32. The van der Waals surface area contributed by atoms with Crippen LogP contribution in [0, 0.1) is 0 Å². The number of thioether (sulfide) groups is 1. The van der Waals surface area contributed by atoms with Gasteiger partial charge in [0.1, 0.15) is 5.37 Å². The molecule has 0 saturated carbocycles. The Morgan fingerprint density at radius 3 is 2.22 bits per heavy atom. The van der Waals surface area contributed by atoms with Crippen molar-refractivity contribution in [3.63, 3.8) is 0 Å². The van der Waals surface area contributed by atoms with Gasteiger partial charge in [-0.3, -0.25) is 0 Å². The van der Waals surface area contributed by atoms with Gasteiger partial charge in [-0.2, -0.15) is 0 Å². The van der Waals surface area contributed by atoms with E-state index in [0.29, 0.717) is 13.1 Å². The minimum atomic E-state index is -0.868. The van der Waals surface area contributed by atoms with Crippen LogP contribution < -0.4 is 16.4 Å². The molecule has 0 aliphatic carbocycles. The van der Waals surface area contributed by atoms with Gasteiger partial charge in [0.15, 0.2) is 4.34 Å². The number of urea groups is 2. The topological polar surface area (TPSA) is 100 Å². The predicted molar refractivity (Wildman–Crippen MR) is 147 cm³/mol. The summed E-state index contributed by atoms with van der Waals surface area (Å²) >= 11 is 3.00. The Balaban J connectivity index is 1.68. The van der Waals surface area contributed by atoms with Gasteiger partial charge in [0.2, 0.25) is 0 Å². The van der Waals surface area contributed by atoms with Gasteiger partial charge in [-0.1, -0.05) is 84.6 Å². The zero-order valence-corrected chi connectivity index (χ0v) is 21.8. The summed E-state index contributed by atoms with van der Waals surface area (Å²) < 4.78 is 1.86. The van der Waals surface area contributed by atoms with Gasteiger partial charge in [0.05, 0.1) is 15.8 Å². The quantitative estimate of drug-likeness (QED) is 0.199. The highest BCUT2D eigenvalue weighted by Crippen LogP contribution is 2.38. The second-order valence-electron chi connectivity index (χ2n) is 8.89. The molecule has 1 heterocycles. The molecule has 0 fully saturated rings. The third kappa shape index (κ3) is 6.56. The first-order chi connectivity index (χ1) is 17.3. The molecule has 7 nitrogen and oxygen atoms in total. The van der Waals surface area contributed by atoms with E-state index < -0.39 is 16.9 Å². The number of nitrogens with one attached hydrogen (secondary N) is 2. The van der Waals surface area contributed by atoms with Crippen molar-refractivity contribution in [3.05, 3.63) is 96.1 Å². The van der Waals surface area contributed by atoms with Crippen molar-refractivity contribution in [3.8, 4) is 0 Å². The van der Waals surface area contributed by atoms with Gasteiger partial charge in [-0.05, 0) is 37.1 Å². The summed E-state index contributed by atoms with van der Waals surface area (Å²) in [6.45, 7) is 4.46. The molecule has 4 aromatic rings. The van der Waals surface area contributed by atoms with E-state index in [1.807, 2.05) is 98.8 Å². The van der Waals surface area contributed by atoms with E-state index in [4.69, 9.17) is 10.7 Å². The highest BCUT2D eigenvalue weighted by atomic mass is 32.2. The van der Waals surface area contributed by atoms with Crippen molar-refractivity contribution in [2.45, 2.75) is 42.2 Å². The SMILES string of the molecule is CC(C)(NC(N)=O)C(Sc1nc2ccccc2s1)N(Cc1ccccc1)C(=O)NCc1ccccc1. The van der Waals surface area contributed by atoms with Crippen molar-refractivity contribution < 1.29 is 9.59 Å². The molecule has 1 aromatic heterocycles. The molecular weight excluding hydrogens is 490 g/mol. The minimum Gasteiger partial charge on any atom is -0.352 e. The number of benzene rings is 3. The van der Waals surface area contributed by atoms with Crippen LogP contribution in [0.3, 0.4) is 0 Å². The van der Waals surface area contributed by atoms with Crippen LogP contribution in [0.5, 0.6) is 0 Å². The Kier molecular flexibility index (Phi) is 8.12. The molecule has 1 atom stereocenters. The number of para-hydroxylation sites is 1. The predicted octanol–water partition coefficient (Wildman–Crippen LogP) is 5.57. The number of carbonyl (C=O) groups excluding carboxylic acids is 2. The largest absolute Gasteiger partial charge is 0.352 e. The first-order valence-electron chi connectivity index (χ1n) is 11.5. The zero-order chi connectivity index (χ0) is 25.5. The number of rotatable bonds is 9. The molecule has 186 valence electrons. The Labute approximate surface area is 219 Å². The lowest BCUT2D eigenvalue weighted by atomic mass is 10.0. The summed E-state index contributed by atoms with van der Waals surface area (Å²) in [5.74, 6) is 0. The van der Waals surface area contributed by atoms with Gasteiger partial charge in [0, 0.05) is 13.1 Å². The second-order valence-corrected chi connectivity index (χ2v) is 11.2. The third-order valence-corrected chi connectivity index (χ3v) is 8.31. The maximum Gasteiger partial charge on any atom is 0.318 e. The fourth-order valence-electron chi connectivity index (χ4n) is 3.89. The zero-order valence-electron chi connectivity index (χ0n) is 20.2.